The molecule has 0 aliphatic carbocycles. The lowest BCUT2D eigenvalue weighted by atomic mass is 10.0. The third-order valence-corrected chi connectivity index (χ3v) is 9.31. The lowest BCUT2D eigenvalue weighted by Crippen LogP contribution is -2.71. The van der Waals surface area contributed by atoms with Crippen molar-refractivity contribution >= 4 is 63.7 Å². The smallest absolute Gasteiger partial charge is 0.339 e. The van der Waals surface area contributed by atoms with E-state index in [1.165, 1.54) is 28.2 Å². The number of hydrogen-bond acceptors (Lipinski definition) is 15. The maximum absolute atomic E-state index is 13.1. The van der Waals surface area contributed by atoms with E-state index < -0.39 is 40.3 Å². The number of thioether (sulfide) groups is 2. The van der Waals surface area contributed by atoms with E-state index in [9.17, 15) is 29.1 Å². The zero-order valence-corrected chi connectivity index (χ0v) is 25.5. The zero-order valence-electron chi connectivity index (χ0n) is 23.1. The van der Waals surface area contributed by atoms with Gasteiger partial charge in [-0.05, 0) is 12.5 Å². The third-order valence-electron chi connectivity index (χ3n) is 6.33. The van der Waals surface area contributed by atoms with Crippen LogP contribution in [0.3, 0.4) is 0 Å². The van der Waals surface area contributed by atoms with E-state index in [2.05, 4.69) is 29.9 Å². The molecule has 0 radical (unpaired) electrons. The number of nitrogens with two attached hydrogens (primary N) is 1. The summed E-state index contributed by atoms with van der Waals surface area (Å²) in [6, 6.07) is 2.62. The number of aromatic nitrogens is 6. The molecule has 0 aromatic carbocycles. The molecule has 1 saturated heterocycles. The van der Waals surface area contributed by atoms with Gasteiger partial charge in [-0.1, -0.05) is 16.9 Å². The molecule has 20 heteroatoms. The Bertz CT molecular complexity index is 1800. The van der Waals surface area contributed by atoms with Crippen LogP contribution in [0.2, 0.25) is 0 Å². The van der Waals surface area contributed by atoms with Crippen molar-refractivity contribution in [2.75, 3.05) is 18.1 Å². The number of carboxylic acid groups (broad SMARTS) is 1. The molecule has 1 fully saturated rings. The Hall–Kier alpha value is -4.56. The Balaban J connectivity index is 1.26. The predicted molar refractivity (Wildman–Crippen MR) is 156 cm³/mol. The molecule has 44 heavy (non-hydrogen) atoms. The highest BCUT2D eigenvalue weighted by Crippen LogP contribution is 2.40. The number of fused-ring (bicyclic) bond motifs is 1. The fourth-order valence-electron chi connectivity index (χ4n) is 4.29. The minimum absolute atomic E-state index is 0.0590. The van der Waals surface area contributed by atoms with Crippen molar-refractivity contribution in [3.8, 4) is 0 Å². The van der Waals surface area contributed by atoms with E-state index in [1.54, 1.807) is 30.9 Å². The van der Waals surface area contributed by atoms with Crippen molar-refractivity contribution in [2.45, 2.75) is 35.8 Å². The summed E-state index contributed by atoms with van der Waals surface area (Å²) in [6.45, 7) is 2.02. The third kappa shape index (κ3) is 6.36. The van der Waals surface area contributed by atoms with Crippen LogP contribution in [-0.4, -0.2) is 76.3 Å². The number of pyridine rings is 1. The quantitative estimate of drug-likeness (QED) is 0.0476. The number of nitrogen functional groups attached to an aromatic ring is 1. The monoisotopic (exact) mass is 660 g/mol. The first kappa shape index (κ1) is 30.9. The van der Waals surface area contributed by atoms with Gasteiger partial charge in [0.1, 0.15) is 18.0 Å². The van der Waals surface area contributed by atoms with Gasteiger partial charge < -0.3 is 25.8 Å². The molecule has 2 aliphatic heterocycles. The maximum atomic E-state index is 13.1. The summed E-state index contributed by atoms with van der Waals surface area (Å²) in [4.78, 5) is 75.1. The molecular formula is C24H24N10O7S3. The number of aliphatic carboxylic acids is 1. The number of hydrogen-bond donors (Lipinski definition) is 3. The van der Waals surface area contributed by atoms with Crippen LogP contribution >= 0.6 is 35.1 Å². The highest BCUT2D eigenvalue weighted by atomic mass is 32.2. The number of rotatable bonds is 11. The maximum Gasteiger partial charge on any atom is 0.339 e. The number of nitrogens with one attached hydrogen (secondary N) is 2. The van der Waals surface area contributed by atoms with Crippen LogP contribution < -0.4 is 31.8 Å². The van der Waals surface area contributed by atoms with Gasteiger partial charge in [0.15, 0.2) is 29.2 Å². The normalized spacial score (nSPS) is 18.1. The highest BCUT2D eigenvalue weighted by molar-refractivity contribution is 8.00. The van der Waals surface area contributed by atoms with Crippen molar-refractivity contribution in [1.82, 2.24) is 34.3 Å². The van der Waals surface area contributed by atoms with Crippen molar-refractivity contribution in [2.24, 2.45) is 12.2 Å². The number of carbonyl (C=O) groups is 3. The number of amides is 2. The minimum atomic E-state index is -1.50. The SMILES string of the molecule is CCON=C(C(=O)NC1C(=O)N2C(C(=O)[O-])=C(C[n+]3ccc(CSc4nc(=O)c(=O)[nH]n4C)cc3)CS[C@H]12)c1nsc(N)n1. The van der Waals surface area contributed by atoms with Crippen LogP contribution in [-0.2, 0) is 38.6 Å². The summed E-state index contributed by atoms with van der Waals surface area (Å²) in [5.41, 5.74) is 4.81. The van der Waals surface area contributed by atoms with E-state index in [1.807, 2.05) is 12.1 Å². The Labute approximate surface area is 260 Å². The van der Waals surface area contributed by atoms with Gasteiger partial charge in [0.25, 0.3) is 11.8 Å². The van der Waals surface area contributed by atoms with Gasteiger partial charge in [0.05, 0.1) is 11.7 Å². The molecule has 2 aliphatic rings. The average molecular weight is 661 g/mol. The number of aryl methyl sites for hydroxylation is 1. The van der Waals surface area contributed by atoms with E-state index in [0.717, 1.165) is 22.0 Å². The van der Waals surface area contributed by atoms with E-state index in [-0.39, 0.29) is 41.3 Å². The lowest BCUT2D eigenvalue weighted by Gasteiger charge is -2.50. The van der Waals surface area contributed by atoms with Crippen LogP contribution in [0.1, 0.15) is 18.3 Å². The van der Waals surface area contributed by atoms with E-state index >= 15 is 0 Å². The van der Waals surface area contributed by atoms with Gasteiger partial charge >= 0.3 is 11.1 Å². The lowest BCUT2D eigenvalue weighted by molar-refractivity contribution is -0.689. The second-order valence-corrected chi connectivity index (χ2v) is 12.1. The van der Waals surface area contributed by atoms with Crippen LogP contribution in [0.25, 0.3) is 0 Å². The standard InChI is InChI=1S/C24H24N10O7S3/c1-3-41-30-13(16-27-23(25)44-31-16)17(35)26-14-20(38)34-15(22(39)40)12(10-42-21(14)34)8-33-6-4-11(5-7-33)9-43-24-28-18(36)19(37)29-32(24)2/h4-7,14,21H,3,8-10H2,1-2H3,(H4-,25,26,27,29,31,35,37,39,40)/t14?,21-/m1/s1. The fourth-order valence-corrected chi connectivity index (χ4v) is 6.94. The van der Waals surface area contributed by atoms with E-state index in [0.29, 0.717) is 16.5 Å². The molecule has 1 unspecified atom stereocenters. The number of nitrogens with zero attached hydrogens (tertiary/aromatic N) is 7. The summed E-state index contributed by atoms with van der Waals surface area (Å²) >= 11 is 3.43. The summed E-state index contributed by atoms with van der Waals surface area (Å²) in [5.74, 6) is -2.22. The molecule has 0 saturated carbocycles. The largest absolute Gasteiger partial charge is 0.543 e. The van der Waals surface area contributed by atoms with Gasteiger partial charge in [-0.25, -0.2) is 4.57 Å². The second-order valence-electron chi connectivity index (χ2n) is 9.28. The van der Waals surface area contributed by atoms with Crippen molar-refractivity contribution in [3.63, 3.8) is 0 Å². The van der Waals surface area contributed by atoms with E-state index in [4.69, 9.17) is 10.6 Å². The predicted octanol–water partition coefficient (Wildman–Crippen LogP) is -2.67. The van der Waals surface area contributed by atoms with Crippen molar-refractivity contribution in [3.05, 3.63) is 67.9 Å². The van der Waals surface area contributed by atoms with Gasteiger partial charge in [0.2, 0.25) is 11.5 Å². The Morgan fingerprint density at radius 1 is 1.30 bits per heavy atom. The van der Waals surface area contributed by atoms with Gasteiger partial charge in [-0.2, -0.15) is 14.3 Å². The fraction of sp³-hybridized carbons (Fsp3) is 0.333. The number of β-lactam (4-membered cyclic amide) rings is 1. The Morgan fingerprint density at radius 3 is 2.70 bits per heavy atom. The zero-order chi connectivity index (χ0) is 31.5. The summed E-state index contributed by atoms with van der Waals surface area (Å²) in [7, 11) is 1.58. The number of H-pyrrole nitrogens is 1. The number of carbonyl (C=O) groups excluding carboxylic acids is 3. The topological polar surface area (TPSA) is 235 Å². The molecule has 2 amide bonds. The Kier molecular flexibility index (Phi) is 9.11. The first-order chi connectivity index (χ1) is 21.1. The second kappa shape index (κ2) is 13.0. The summed E-state index contributed by atoms with van der Waals surface area (Å²) < 4.78 is 7.10. The molecule has 230 valence electrons. The van der Waals surface area contributed by atoms with Crippen LogP contribution in [0.4, 0.5) is 5.13 Å². The number of anilines is 1. The molecule has 4 N–H and O–H groups in total. The molecule has 3 aromatic heterocycles. The molecule has 5 heterocycles. The first-order valence-electron chi connectivity index (χ1n) is 12.8. The molecular weight excluding hydrogens is 637 g/mol. The minimum Gasteiger partial charge on any atom is -0.543 e. The van der Waals surface area contributed by atoms with Gasteiger partial charge in [-0.15, -0.1) is 11.8 Å². The molecule has 0 spiro atoms. The van der Waals surface area contributed by atoms with Crippen molar-refractivity contribution in [1.29, 1.82) is 0 Å². The number of oxime groups is 1. The van der Waals surface area contributed by atoms with Gasteiger partial charge in [0, 0.05) is 47.8 Å². The molecule has 3 aromatic rings. The molecule has 2 atom stereocenters. The average Bonchev–Trinajstić information content (AvgIpc) is 3.43. The van der Waals surface area contributed by atoms with Gasteiger partial charge in [-0.3, -0.25) is 33.9 Å². The number of aromatic amines is 1. The molecule has 5 rings (SSSR count). The first-order valence-corrected chi connectivity index (χ1v) is 15.6. The molecule has 0 bridgehead atoms. The van der Waals surface area contributed by atoms with Crippen molar-refractivity contribution < 1.29 is 28.9 Å². The Morgan fingerprint density at radius 2 is 2.05 bits per heavy atom. The van der Waals surface area contributed by atoms with Crippen LogP contribution in [0, 0.1) is 0 Å². The summed E-state index contributed by atoms with van der Waals surface area (Å²) in [6.07, 6.45) is 3.51. The highest BCUT2D eigenvalue weighted by Gasteiger charge is 2.53. The summed E-state index contributed by atoms with van der Waals surface area (Å²) in [5, 5.41) is 20.7. The van der Waals surface area contributed by atoms with Crippen LogP contribution in [0.15, 0.2) is 55.7 Å². The molecule has 17 nitrogen and oxygen atoms in total. The number of carboxylic acids is 1. The van der Waals surface area contributed by atoms with Crippen LogP contribution in [0.5, 0.6) is 0 Å².